The van der Waals surface area contributed by atoms with Crippen molar-refractivity contribution in [3.8, 4) is 0 Å². The minimum atomic E-state index is -1.02. The number of allylic oxidation sites excluding steroid dienone is 4. The van der Waals surface area contributed by atoms with Gasteiger partial charge in [-0.15, -0.1) is 39.7 Å². The van der Waals surface area contributed by atoms with Crippen molar-refractivity contribution in [1.82, 2.24) is 0 Å². The predicted molar refractivity (Wildman–Crippen MR) is 171 cm³/mol. The molecule has 0 N–H and O–H groups in total. The van der Waals surface area contributed by atoms with E-state index < -0.39 is 8.07 Å². The van der Waals surface area contributed by atoms with Crippen molar-refractivity contribution < 1.29 is 49.0 Å². The Kier molecular flexibility index (Phi) is 14.2. The van der Waals surface area contributed by atoms with Crippen LogP contribution in [0.5, 0.6) is 0 Å². The van der Waals surface area contributed by atoms with E-state index in [2.05, 4.69) is 129 Å². The van der Waals surface area contributed by atoms with E-state index in [1.807, 2.05) is 0 Å². The summed E-state index contributed by atoms with van der Waals surface area (Å²) in [5.74, 6) is 0.557. The summed E-state index contributed by atoms with van der Waals surface area (Å²) in [4.78, 5) is 0. The van der Waals surface area contributed by atoms with E-state index in [4.69, 9.17) is 0 Å². The fourth-order valence-corrected chi connectivity index (χ4v) is 7.10. The first-order chi connectivity index (χ1) is 17.6. The monoisotopic (exact) mass is 670 g/mol. The molecule has 0 heterocycles. The number of fused-ring (bicyclic) bond motifs is 3. The molecule has 2 aliphatic carbocycles. The van der Waals surface area contributed by atoms with E-state index >= 15 is 0 Å². The van der Waals surface area contributed by atoms with E-state index in [1.54, 1.807) is 32.6 Å². The molecule has 2 aliphatic rings. The maximum atomic E-state index is 3.29. The van der Waals surface area contributed by atoms with Crippen molar-refractivity contribution in [2.24, 2.45) is 5.92 Å². The summed E-state index contributed by atoms with van der Waals surface area (Å²) in [5.41, 5.74) is 3.20. The average Bonchev–Trinajstić information content (AvgIpc) is 3.42. The SMILES string of the molecule is CC(C)(C)c1ccc2[cH-]c3ccc(C(C)(C)C)cc3c2c1.CC1[C-]=CC([Si](C)(C)C)=C1.[Cl-].[Cl-].[Zr+2]=[C]1CCCCC1. The number of halogens is 2. The second kappa shape index (κ2) is 15.2. The summed E-state index contributed by atoms with van der Waals surface area (Å²) in [7, 11) is -1.02. The third-order valence-corrected chi connectivity index (χ3v) is 11.0. The molecule has 3 aromatic rings. The van der Waals surface area contributed by atoms with Crippen LogP contribution < -0.4 is 24.8 Å². The second-order valence-corrected chi connectivity index (χ2v) is 21.2. The molecule has 3 aromatic carbocycles. The average molecular weight is 673 g/mol. The molecule has 40 heavy (non-hydrogen) atoms. The van der Waals surface area contributed by atoms with E-state index in [-0.39, 0.29) is 35.6 Å². The Bertz CT molecular complexity index is 1250. The molecule has 0 spiro atoms. The third-order valence-electron chi connectivity index (χ3n) is 7.69. The summed E-state index contributed by atoms with van der Waals surface area (Å²) >= 11 is 1.69. The Morgan fingerprint density at radius 2 is 1.23 bits per heavy atom. The molecule has 4 heteroatoms. The van der Waals surface area contributed by atoms with Crippen LogP contribution in [0.2, 0.25) is 19.6 Å². The molecule has 1 saturated carbocycles. The van der Waals surface area contributed by atoms with Crippen LogP contribution in [0.3, 0.4) is 0 Å². The van der Waals surface area contributed by atoms with E-state index in [0.29, 0.717) is 5.92 Å². The first-order valence-electron chi connectivity index (χ1n) is 14.6. The molecule has 218 valence electrons. The van der Waals surface area contributed by atoms with Crippen LogP contribution in [0.4, 0.5) is 0 Å². The Morgan fingerprint density at radius 1 is 0.775 bits per heavy atom. The number of hydrogen-bond acceptors (Lipinski definition) is 0. The van der Waals surface area contributed by atoms with Crippen molar-refractivity contribution in [3.63, 3.8) is 0 Å². The molecule has 0 radical (unpaired) electrons. The third kappa shape index (κ3) is 10.6. The zero-order chi connectivity index (χ0) is 28.3. The van der Waals surface area contributed by atoms with Crippen molar-refractivity contribution >= 4 is 32.8 Å². The summed E-state index contributed by atoms with van der Waals surface area (Å²) in [5, 5.41) is 7.04. The van der Waals surface area contributed by atoms with Crippen LogP contribution in [0.15, 0.2) is 59.8 Å². The van der Waals surface area contributed by atoms with Gasteiger partial charge in [0.25, 0.3) is 0 Å². The fourth-order valence-electron chi connectivity index (χ4n) is 4.96. The van der Waals surface area contributed by atoms with Gasteiger partial charge in [0.05, 0.1) is 0 Å². The molecular weight excluding hydrogens is 623 g/mol. The van der Waals surface area contributed by atoms with Crippen LogP contribution in [-0.4, -0.2) is 11.3 Å². The van der Waals surface area contributed by atoms with Crippen LogP contribution in [0, 0.1) is 12.0 Å². The normalized spacial score (nSPS) is 17.2. The quantitative estimate of drug-likeness (QED) is 0.258. The van der Waals surface area contributed by atoms with Gasteiger partial charge in [0.2, 0.25) is 0 Å². The minimum absolute atomic E-state index is 0. The Balaban J connectivity index is 0.000000351. The topological polar surface area (TPSA) is 0 Å². The summed E-state index contributed by atoms with van der Waals surface area (Å²) in [6.45, 7) is 23.0. The number of hydrogen-bond donors (Lipinski definition) is 0. The molecule has 0 aliphatic heterocycles. The zero-order valence-electron chi connectivity index (χ0n) is 26.6. The van der Waals surface area contributed by atoms with Gasteiger partial charge in [-0.05, 0) is 18.9 Å². The summed E-state index contributed by atoms with van der Waals surface area (Å²) < 4.78 is 1.80. The molecule has 1 fully saturated rings. The molecule has 0 bridgehead atoms. The van der Waals surface area contributed by atoms with Gasteiger partial charge in [-0.25, -0.2) is 11.3 Å². The van der Waals surface area contributed by atoms with Crippen LogP contribution >= 0.6 is 0 Å². The van der Waals surface area contributed by atoms with Gasteiger partial charge in [0, 0.05) is 0 Å². The first kappa shape index (κ1) is 37.4. The maximum absolute atomic E-state index is 3.29. The first-order valence-corrected chi connectivity index (χ1v) is 19.3. The van der Waals surface area contributed by atoms with Gasteiger partial charge in [-0.2, -0.15) is 6.08 Å². The van der Waals surface area contributed by atoms with Gasteiger partial charge in [0.15, 0.2) is 0 Å². The Hall–Kier alpha value is -0.660. The van der Waals surface area contributed by atoms with Gasteiger partial charge in [-0.1, -0.05) is 109 Å². The van der Waals surface area contributed by atoms with Crippen LogP contribution in [-0.2, 0) is 35.1 Å². The molecule has 0 amide bonds. The second-order valence-electron chi connectivity index (χ2n) is 14.4. The van der Waals surface area contributed by atoms with Crippen LogP contribution in [0.1, 0.15) is 91.7 Å². The van der Waals surface area contributed by atoms with Gasteiger partial charge in [0.1, 0.15) is 0 Å². The number of benzene rings is 2. The van der Waals surface area contributed by atoms with Gasteiger partial charge < -0.3 is 24.8 Å². The molecular formula is C36H50Cl2SiZr-2. The number of rotatable bonds is 1. The van der Waals surface area contributed by atoms with Crippen molar-refractivity contribution in [2.75, 3.05) is 0 Å². The van der Waals surface area contributed by atoms with E-state index in [9.17, 15) is 0 Å². The molecule has 0 nitrogen and oxygen atoms in total. The molecule has 0 aromatic heterocycles. The van der Waals surface area contributed by atoms with Crippen molar-refractivity contribution in [3.05, 3.63) is 77.0 Å². The Morgan fingerprint density at radius 3 is 1.50 bits per heavy atom. The molecule has 1 unspecified atom stereocenters. The van der Waals surface area contributed by atoms with E-state index in [0.717, 1.165) is 0 Å². The predicted octanol–water partition coefficient (Wildman–Crippen LogP) is 4.78. The van der Waals surface area contributed by atoms with Gasteiger partial charge in [-0.3, -0.25) is 6.08 Å². The summed E-state index contributed by atoms with van der Waals surface area (Å²) in [6, 6.07) is 16.1. The standard InChI is InChI=1S/C21H25.C9H15Si.C6H10.2ClH.Zr/c1-20(2,3)16-9-7-14-11-15-8-10-17(21(4,5)6)13-19(15)18(14)12-16;1-8-5-6-9(7-8)10(2,3)4;1-2-4-6-5-3-1;;;/h7-13H,1-6H3;6-8H,1-4H3;1-5H2;2*1H;/q2*-1;;;;+2/p-2. The van der Waals surface area contributed by atoms with Crippen molar-refractivity contribution in [1.29, 1.82) is 0 Å². The Labute approximate surface area is 274 Å². The molecule has 0 saturated heterocycles. The zero-order valence-corrected chi connectivity index (χ0v) is 31.5. The van der Waals surface area contributed by atoms with Crippen molar-refractivity contribution in [2.45, 2.75) is 111 Å². The van der Waals surface area contributed by atoms with E-state index in [1.165, 1.54) is 64.8 Å². The summed E-state index contributed by atoms with van der Waals surface area (Å²) in [6.07, 6.45) is 15.1. The molecule has 1 atom stereocenters. The molecule has 5 rings (SSSR count). The van der Waals surface area contributed by atoms with Crippen LogP contribution in [0.25, 0.3) is 21.5 Å². The van der Waals surface area contributed by atoms with Gasteiger partial charge >= 0.3 is 59.5 Å². The fraction of sp³-hybridized carbons (Fsp3) is 0.500.